The van der Waals surface area contributed by atoms with E-state index in [0.29, 0.717) is 0 Å². The van der Waals surface area contributed by atoms with E-state index in [0.717, 1.165) is 33.5 Å². The van der Waals surface area contributed by atoms with Gasteiger partial charge < -0.3 is 10.2 Å². The van der Waals surface area contributed by atoms with Crippen molar-refractivity contribution < 1.29 is 4.79 Å². The van der Waals surface area contributed by atoms with E-state index in [4.69, 9.17) is 0 Å². The lowest BCUT2D eigenvalue weighted by Gasteiger charge is -2.15. The number of carbonyl (C=O) groups is 1. The van der Waals surface area contributed by atoms with Gasteiger partial charge in [0.05, 0.1) is 0 Å². The summed E-state index contributed by atoms with van der Waals surface area (Å²) in [5.41, 5.74) is 4.09. The van der Waals surface area contributed by atoms with E-state index in [1.54, 1.807) is 6.20 Å². The van der Waals surface area contributed by atoms with Gasteiger partial charge >= 0.3 is 0 Å². The van der Waals surface area contributed by atoms with Crippen LogP contribution in [0.5, 0.6) is 0 Å². The summed E-state index contributed by atoms with van der Waals surface area (Å²) in [7, 11) is 0. The normalized spacial score (nSPS) is 13.4. The van der Waals surface area contributed by atoms with E-state index in [1.165, 1.54) is 5.56 Å². The second-order valence-corrected chi connectivity index (χ2v) is 6.89. The Morgan fingerprint density at radius 1 is 1.33 bits per heavy atom. The predicted molar refractivity (Wildman–Crippen MR) is 104 cm³/mol. The van der Waals surface area contributed by atoms with Crippen LogP contribution in [0.2, 0.25) is 0 Å². The number of anilines is 2. The molecule has 0 radical (unpaired) electrons. The second-order valence-electron chi connectivity index (χ2n) is 5.64. The Morgan fingerprint density at radius 2 is 2.12 bits per heavy atom. The number of benzene rings is 2. The summed E-state index contributed by atoms with van der Waals surface area (Å²) in [5, 5.41) is 12.2. The number of nitrogens with zero attached hydrogens (tertiary/aromatic N) is 2. The van der Waals surface area contributed by atoms with Gasteiger partial charge in [0.2, 0.25) is 0 Å². The number of rotatable bonds is 3. The number of aryl methyl sites for hydroxylation is 1. The molecule has 24 heavy (non-hydrogen) atoms. The Kier molecular flexibility index (Phi) is 4.86. The van der Waals surface area contributed by atoms with Crippen LogP contribution in [0.4, 0.5) is 11.4 Å². The molecule has 0 aliphatic carbocycles. The lowest BCUT2D eigenvalue weighted by molar-refractivity contribution is -0.112. The van der Waals surface area contributed by atoms with Crippen molar-refractivity contribution in [3.8, 4) is 6.07 Å². The van der Waals surface area contributed by atoms with E-state index < -0.39 is 0 Å². The van der Waals surface area contributed by atoms with Crippen molar-refractivity contribution in [1.29, 1.82) is 5.26 Å². The Morgan fingerprint density at radius 3 is 2.88 bits per heavy atom. The maximum atomic E-state index is 12.5. The van der Waals surface area contributed by atoms with Crippen molar-refractivity contribution in [1.82, 2.24) is 0 Å². The van der Waals surface area contributed by atoms with Gasteiger partial charge in [0.1, 0.15) is 11.6 Å². The highest BCUT2D eigenvalue weighted by Gasteiger charge is 2.19. The van der Waals surface area contributed by atoms with E-state index >= 15 is 0 Å². The van der Waals surface area contributed by atoms with Crippen LogP contribution < -0.4 is 10.2 Å². The quantitative estimate of drug-likeness (QED) is 0.456. The number of hydrogen-bond donors (Lipinski definition) is 1. The smallest absolute Gasteiger partial charge is 0.267 e. The van der Waals surface area contributed by atoms with Crippen LogP contribution >= 0.6 is 22.6 Å². The molecule has 1 aliphatic heterocycles. The number of fused-ring (bicyclic) bond motifs is 1. The highest BCUT2D eigenvalue weighted by molar-refractivity contribution is 14.1. The SMILES string of the molecule is Cc1cc(I)ccc1NC(=O)/C(C#N)=C\N1CCc2ccccc21. The first-order valence-electron chi connectivity index (χ1n) is 7.62. The zero-order chi connectivity index (χ0) is 17.1. The molecule has 120 valence electrons. The molecule has 2 aromatic rings. The third kappa shape index (κ3) is 3.44. The fourth-order valence-electron chi connectivity index (χ4n) is 2.75. The first kappa shape index (κ1) is 16.5. The highest BCUT2D eigenvalue weighted by atomic mass is 127. The predicted octanol–water partition coefficient (Wildman–Crippen LogP) is 4.01. The summed E-state index contributed by atoms with van der Waals surface area (Å²) in [4.78, 5) is 14.4. The van der Waals surface area contributed by atoms with Gasteiger partial charge in [-0.05, 0) is 71.3 Å². The van der Waals surface area contributed by atoms with Crippen molar-refractivity contribution >= 4 is 39.9 Å². The topological polar surface area (TPSA) is 56.1 Å². The molecule has 0 unspecified atom stereocenters. The monoisotopic (exact) mass is 429 g/mol. The Labute approximate surface area is 154 Å². The Balaban J connectivity index is 1.81. The standard InChI is InChI=1S/C19H16IN3O/c1-13-10-16(20)6-7-17(13)22-19(24)15(11-21)12-23-9-8-14-4-2-3-5-18(14)23/h2-7,10,12H,8-9H2,1H3,(H,22,24)/b15-12-. The summed E-state index contributed by atoms with van der Waals surface area (Å²) in [6.07, 6.45) is 2.56. The van der Waals surface area contributed by atoms with Crippen LogP contribution in [-0.4, -0.2) is 12.5 Å². The molecule has 3 rings (SSSR count). The molecule has 1 aliphatic rings. The van der Waals surface area contributed by atoms with Crippen LogP contribution in [0.25, 0.3) is 0 Å². The summed E-state index contributed by atoms with van der Waals surface area (Å²) in [5.74, 6) is -0.383. The van der Waals surface area contributed by atoms with Gasteiger partial charge in [-0.25, -0.2) is 0 Å². The number of hydrogen-bond acceptors (Lipinski definition) is 3. The lowest BCUT2D eigenvalue weighted by atomic mass is 10.2. The van der Waals surface area contributed by atoms with Gasteiger partial charge in [-0.1, -0.05) is 18.2 Å². The van der Waals surface area contributed by atoms with Crippen molar-refractivity contribution in [2.24, 2.45) is 0 Å². The summed E-state index contributed by atoms with van der Waals surface area (Å²) >= 11 is 2.23. The summed E-state index contributed by atoms with van der Waals surface area (Å²) in [6, 6.07) is 15.8. The van der Waals surface area contributed by atoms with Gasteiger partial charge in [-0.15, -0.1) is 0 Å². The molecule has 0 saturated heterocycles. The molecule has 1 amide bonds. The minimum Gasteiger partial charge on any atom is -0.346 e. The van der Waals surface area contributed by atoms with Crippen molar-refractivity contribution in [3.05, 3.63) is 68.9 Å². The van der Waals surface area contributed by atoms with Crippen LogP contribution in [-0.2, 0) is 11.2 Å². The largest absolute Gasteiger partial charge is 0.346 e. The lowest BCUT2D eigenvalue weighted by Crippen LogP contribution is -2.19. The number of halogens is 1. The minimum absolute atomic E-state index is 0.102. The first-order chi connectivity index (χ1) is 11.6. The Bertz CT molecular complexity index is 867. The summed E-state index contributed by atoms with van der Waals surface area (Å²) in [6.45, 7) is 2.71. The molecule has 0 spiro atoms. The van der Waals surface area contributed by atoms with Gasteiger partial charge in [0, 0.05) is 27.7 Å². The minimum atomic E-state index is -0.383. The zero-order valence-corrected chi connectivity index (χ0v) is 15.4. The molecule has 1 N–H and O–H groups in total. The third-order valence-electron chi connectivity index (χ3n) is 4.01. The molecule has 0 aromatic heterocycles. The number of nitriles is 1. The van der Waals surface area contributed by atoms with Gasteiger partial charge in [0.25, 0.3) is 5.91 Å². The molecule has 5 heteroatoms. The van der Waals surface area contributed by atoms with Gasteiger partial charge in [0.15, 0.2) is 0 Å². The van der Waals surface area contributed by atoms with Crippen molar-refractivity contribution in [2.45, 2.75) is 13.3 Å². The average Bonchev–Trinajstić information content (AvgIpc) is 2.98. The van der Waals surface area contributed by atoms with Crippen LogP contribution in [0.1, 0.15) is 11.1 Å². The highest BCUT2D eigenvalue weighted by Crippen LogP contribution is 2.28. The molecule has 1 heterocycles. The molecule has 4 nitrogen and oxygen atoms in total. The number of para-hydroxylation sites is 1. The van der Waals surface area contributed by atoms with Gasteiger partial charge in [-0.3, -0.25) is 4.79 Å². The summed E-state index contributed by atoms with van der Waals surface area (Å²) < 4.78 is 1.10. The van der Waals surface area contributed by atoms with Gasteiger partial charge in [-0.2, -0.15) is 5.26 Å². The van der Waals surface area contributed by atoms with E-state index in [2.05, 4.69) is 34.0 Å². The van der Waals surface area contributed by atoms with E-state index in [-0.39, 0.29) is 11.5 Å². The first-order valence-corrected chi connectivity index (χ1v) is 8.70. The average molecular weight is 429 g/mol. The number of amides is 1. The maximum Gasteiger partial charge on any atom is 0.267 e. The van der Waals surface area contributed by atoms with Crippen LogP contribution in [0.3, 0.4) is 0 Å². The van der Waals surface area contributed by atoms with E-state index in [1.807, 2.05) is 54.3 Å². The second kappa shape index (κ2) is 7.05. The molecule has 0 fully saturated rings. The van der Waals surface area contributed by atoms with Crippen LogP contribution in [0.15, 0.2) is 54.2 Å². The zero-order valence-electron chi connectivity index (χ0n) is 13.2. The molecule has 0 bridgehead atoms. The maximum absolute atomic E-state index is 12.5. The third-order valence-corrected chi connectivity index (χ3v) is 4.68. The number of nitrogens with one attached hydrogen (secondary N) is 1. The molecule has 2 aromatic carbocycles. The van der Waals surface area contributed by atoms with Crippen LogP contribution in [0, 0.1) is 21.8 Å². The molecular formula is C19H16IN3O. The molecule has 0 saturated carbocycles. The van der Waals surface area contributed by atoms with E-state index in [9.17, 15) is 10.1 Å². The molecule has 0 atom stereocenters. The Hall–Kier alpha value is -2.33. The molecular weight excluding hydrogens is 413 g/mol. The van der Waals surface area contributed by atoms with Crippen molar-refractivity contribution in [3.63, 3.8) is 0 Å². The fraction of sp³-hybridized carbons (Fsp3) is 0.158. The van der Waals surface area contributed by atoms with Crippen molar-refractivity contribution in [2.75, 3.05) is 16.8 Å². The number of carbonyl (C=O) groups excluding carboxylic acids is 1. The fourth-order valence-corrected chi connectivity index (χ4v) is 3.40.